The van der Waals surface area contributed by atoms with Crippen LogP contribution in [-0.4, -0.2) is 98.7 Å². The normalized spacial score (nSPS) is 29.2. The molecule has 1 saturated heterocycles. The van der Waals surface area contributed by atoms with E-state index in [0.717, 1.165) is 19.3 Å². The predicted molar refractivity (Wildman–Crippen MR) is 123 cm³/mol. The van der Waals surface area contributed by atoms with Gasteiger partial charge in [0.1, 0.15) is 37.1 Å². The molecule has 2 heterocycles. The van der Waals surface area contributed by atoms with Gasteiger partial charge in [0, 0.05) is 6.42 Å². The van der Waals surface area contributed by atoms with Crippen LogP contribution in [0.15, 0.2) is 11.5 Å². The van der Waals surface area contributed by atoms with Crippen LogP contribution in [0.2, 0.25) is 0 Å². The fourth-order valence-corrected chi connectivity index (χ4v) is 4.03. The molecule has 12 heteroatoms. The molecule has 12 nitrogen and oxygen atoms in total. The zero-order valence-corrected chi connectivity index (χ0v) is 20.7. The molecule has 0 saturated carbocycles. The van der Waals surface area contributed by atoms with Crippen molar-refractivity contribution in [3.8, 4) is 0 Å². The van der Waals surface area contributed by atoms with Crippen molar-refractivity contribution < 1.29 is 59.2 Å². The number of esters is 2. The summed E-state index contributed by atoms with van der Waals surface area (Å²) in [6, 6.07) is 0. The van der Waals surface area contributed by atoms with Gasteiger partial charge >= 0.3 is 11.9 Å². The second-order valence-corrected chi connectivity index (χ2v) is 9.18. The zero-order valence-electron chi connectivity index (χ0n) is 20.7. The van der Waals surface area contributed by atoms with E-state index in [9.17, 15) is 40.2 Å². The molecule has 36 heavy (non-hydrogen) atoms. The molecule has 0 radical (unpaired) electrons. The number of hydrogen-bond acceptors (Lipinski definition) is 12. The number of aliphatic hydroxyl groups excluding tert-OH is 6. The molecule has 7 atom stereocenters. The molecule has 2 rings (SSSR count). The highest BCUT2D eigenvalue weighted by Gasteiger charge is 2.48. The zero-order chi connectivity index (χ0) is 26.7. The lowest BCUT2D eigenvalue weighted by molar-refractivity contribution is -0.291. The highest BCUT2D eigenvalue weighted by atomic mass is 16.7. The lowest BCUT2D eigenvalue weighted by Crippen LogP contribution is -2.59. The van der Waals surface area contributed by atoms with Gasteiger partial charge in [0.2, 0.25) is 12.0 Å². The number of hydrogen-bond donors (Lipinski definition) is 6. The second kappa shape index (κ2) is 15.3. The largest absolute Gasteiger partial charge is 0.505 e. The Hall–Kier alpha value is -1.96. The summed E-state index contributed by atoms with van der Waals surface area (Å²) < 4.78 is 20.2. The van der Waals surface area contributed by atoms with Crippen molar-refractivity contribution in [3.63, 3.8) is 0 Å². The molecule has 1 unspecified atom stereocenters. The first-order chi connectivity index (χ1) is 17.2. The lowest BCUT2D eigenvalue weighted by Gasteiger charge is -2.39. The van der Waals surface area contributed by atoms with Crippen molar-refractivity contribution >= 4 is 11.9 Å². The number of ether oxygens (including phenoxy) is 4. The molecular formula is C24H40O12. The van der Waals surface area contributed by atoms with Gasteiger partial charge in [-0.2, -0.15) is 0 Å². The van der Waals surface area contributed by atoms with E-state index < -0.39 is 79.6 Å². The van der Waals surface area contributed by atoms with Crippen LogP contribution < -0.4 is 0 Å². The third-order valence-electron chi connectivity index (χ3n) is 6.25. The van der Waals surface area contributed by atoms with Crippen molar-refractivity contribution in [1.29, 1.82) is 0 Å². The monoisotopic (exact) mass is 520 g/mol. The van der Waals surface area contributed by atoms with E-state index in [0.29, 0.717) is 6.42 Å². The number of unbranched alkanes of at least 4 members (excludes halogenated alkanes) is 8. The average molecular weight is 521 g/mol. The van der Waals surface area contributed by atoms with Crippen LogP contribution in [0.4, 0.5) is 0 Å². The van der Waals surface area contributed by atoms with Crippen LogP contribution in [0.25, 0.3) is 0 Å². The third kappa shape index (κ3) is 8.56. The first-order valence-electron chi connectivity index (χ1n) is 12.7. The van der Waals surface area contributed by atoms with Crippen LogP contribution in [-0.2, 0) is 28.5 Å². The second-order valence-electron chi connectivity index (χ2n) is 9.18. The summed E-state index contributed by atoms with van der Waals surface area (Å²) in [7, 11) is 0. The fourth-order valence-electron chi connectivity index (χ4n) is 4.03. The van der Waals surface area contributed by atoms with E-state index in [1.807, 2.05) is 0 Å². The summed E-state index contributed by atoms with van der Waals surface area (Å²) in [6.07, 6.45) is -1.34. The van der Waals surface area contributed by atoms with Crippen LogP contribution in [0.1, 0.15) is 71.1 Å². The van der Waals surface area contributed by atoms with Crippen molar-refractivity contribution in [2.45, 2.75) is 114 Å². The Labute approximate surface area is 210 Å². The molecule has 0 bridgehead atoms. The fraction of sp³-hybridized carbons (Fsp3) is 0.833. The number of rotatable bonds is 16. The number of cyclic esters (lactones) is 1. The highest BCUT2D eigenvalue weighted by Crippen LogP contribution is 2.29. The molecule has 0 amide bonds. The van der Waals surface area contributed by atoms with E-state index in [-0.39, 0.29) is 6.42 Å². The third-order valence-corrected chi connectivity index (χ3v) is 6.25. The van der Waals surface area contributed by atoms with Gasteiger partial charge in [0.15, 0.2) is 11.9 Å². The summed E-state index contributed by atoms with van der Waals surface area (Å²) in [5.74, 6) is -3.32. The number of carbonyl (C=O) groups is 2. The smallest absolute Gasteiger partial charge is 0.378 e. The molecule has 0 aromatic rings. The molecule has 0 aliphatic carbocycles. The minimum atomic E-state index is -1.82. The Morgan fingerprint density at radius 1 is 0.972 bits per heavy atom. The Balaban J connectivity index is 1.75. The highest BCUT2D eigenvalue weighted by molar-refractivity contribution is 5.89. The van der Waals surface area contributed by atoms with Crippen LogP contribution in [0.3, 0.4) is 0 Å². The standard InChI is InChI=1S/C24H40O12/c1-2-3-4-5-6-7-8-9-10-11-16(27)33-13-14(26)21-20(31)22(23(32)35-21)36-24-19(30)18(29)17(28)15(12-25)34-24/h14-15,17-19,21,24-26,28-31H,2-13H2,1H3/t14?,15-,17-,18+,19-,21-,24+/m1/s1. The summed E-state index contributed by atoms with van der Waals surface area (Å²) >= 11 is 0. The van der Waals surface area contributed by atoms with E-state index in [1.54, 1.807) is 0 Å². The number of aliphatic hydroxyl groups is 6. The van der Waals surface area contributed by atoms with E-state index >= 15 is 0 Å². The van der Waals surface area contributed by atoms with Gasteiger partial charge in [-0.25, -0.2) is 4.79 Å². The van der Waals surface area contributed by atoms with Crippen molar-refractivity contribution in [2.75, 3.05) is 13.2 Å². The topological polar surface area (TPSA) is 192 Å². The summed E-state index contributed by atoms with van der Waals surface area (Å²) in [6.45, 7) is 0.926. The quantitative estimate of drug-likeness (QED) is 0.121. The SMILES string of the molecule is CCCCCCCCCCCC(=O)OCC(O)[C@H]1OC(=O)C(O[C@@H]2O[C@H](CO)[C@@H](O)[C@H](O)[C@H]2O)=C1O. The van der Waals surface area contributed by atoms with Gasteiger partial charge in [-0.3, -0.25) is 4.79 Å². The van der Waals surface area contributed by atoms with Gasteiger partial charge in [-0.15, -0.1) is 0 Å². The molecule has 0 aromatic carbocycles. The van der Waals surface area contributed by atoms with E-state index in [4.69, 9.17) is 18.9 Å². The number of carbonyl (C=O) groups excluding carboxylic acids is 2. The summed E-state index contributed by atoms with van der Waals surface area (Å²) in [5, 5.41) is 59.5. The summed E-state index contributed by atoms with van der Waals surface area (Å²) in [4.78, 5) is 24.1. The lowest BCUT2D eigenvalue weighted by atomic mass is 9.99. The Kier molecular flexibility index (Phi) is 12.9. The Morgan fingerprint density at radius 3 is 2.19 bits per heavy atom. The maximum Gasteiger partial charge on any atom is 0.378 e. The molecule has 208 valence electrons. The van der Waals surface area contributed by atoms with Gasteiger partial charge < -0.3 is 49.6 Å². The van der Waals surface area contributed by atoms with Gasteiger partial charge in [0.05, 0.1) is 6.61 Å². The molecular weight excluding hydrogens is 480 g/mol. The first kappa shape index (κ1) is 30.3. The summed E-state index contributed by atoms with van der Waals surface area (Å²) in [5.41, 5.74) is 0. The minimum Gasteiger partial charge on any atom is -0.505 e. The maximum atomic E-state index is 12.1. The molecule has 0 spiro atoms. The van der Waals surface area contributed by atoms with Gasteiger partial charge in [-0.05, 0) is 6.42 Å². The van der Waals surface area contributed by atoms with Crippen LogP contribution >= 0.6 is 0 Å². The van der Waals surface area contributed by atoms with Gasteiger partial charge in [0.25, 0.3) is 0 Å². The minimum absolute atomic E-state index is 0.181. The molecule has 2 aliphatic rings. The Morgan fingerprint density at radius 2 is 1.58 bits per heavy atom. The van der Waals surface area contributed by atoms with Crippen LogP contribution in [0.5, 0.6) is 0 Å². The van der Waals surface area contributed by atoms with Gasteiger partial charge in [-0.1, -0.05) is 58.3 Å². The van der Waals surface area contributed by atoms with E-state index in [1.165, 1.54) is 32.1 Å². The molecule has 2 aliphatic heterocycles. The molecule has 1 fully saturated rings. The van der Waals surface area contributed by atoms with E-state index in [2.05, 4.69) is 6.92 Å². The molecule has 0 aromatic heterocycles. The van der Waals surface area contributed by atoms with Crippen molar-refractivity contribution in [2.24, 2.45) is 0 Å². The predicted octanol–water partition coefficient (Wildman–Crippen LogP) is 0.323. The van der Waals surface area contributed by atoms with Crippen molar-refractivity contribution in [1.82, 2.24) is 0 Å². The Bertz CT molecular complexity index is 724. The van der Waals surface area contributed by atoms with Crippen molar-refractivity contribution in [3.05, 3.63) is 11.5 Å². The molecule has 6 N–H and O–H groups in total. The average Bonchev–Trinajstić information content (AvgIpc) is 3.14. The maximum absolute atomic E-state index is 12.1. The first-order valence-corrected chi connectivity index (χ1v) is 12.7. The van der Waals surface area contributed by atoms with Crippen LogP contribution in [0, 0.1) is 0 Å².